The summed E-state index contributed by atoms with van der Waals surface area (Å²) in [5.74, 6) is -0.126. The molecule has 2 fully saturated rings. The molecule has 2 aliphatic rings. The Bertz CT molecular complexity index is 1550. The third kappa shape index (κ3) is 8.12. The van der Waals surface area contributed by atoms with E-state index in [-0.39, 0.29) is 29.9 Å². The highest BCUT2D eigenvalue weighted by atomic mass is 32.2. The number of aromatic nitrogens is 2. The number of nitrogens with one attached hydrogen (secondary N) is 1. The normalized spacial score (nSPS) is 19.9. The third-order valence-corrected chi connectivity index (χ3v) is 8.98. The smallest absolute Gasteiger partial charge is 0.410 e. The van der Waals surface area contributed by atoms with Crippen molar-refractivity contribution in [2.24, 2.45) is 0 Å². The maximum Gasteiger partial charge on any atom is 0.410 e. The van der Waals surface area contributed by atoms with Crippen LogP contribution < -0.4 is 14.4 Å². The lowest BCUT2D eigenvalue weighted by molar-refractivity contribution is -0.0162. The summed E-state index contributed by atoms with van der Waals surface area (Å²) in [5.41, 5.74) is 2.49. The zero-order chi connectivity index (χ0) is 33.0. The lowest BCUT2D eigenvalue weighted by atomic mass is 10.0. The fourth-order valence-corrected chi connectivity index (χ4v) is 6.85. The molecule has 5 rings (SSSR count). The van der Waals surface area contributed by atoms with E-state index in [1.807, 2.05) is 40.7 Å². The van der Waals surface area contributed by atoms with Gasteiger partial charge in [-0.2, -0.15) is 0 Å². The molecule has 2 saturated heterocycles. The Hall–Kier alpha value is -3.81. The first-order valence-electron chi connectivity index (χ1n) is 15.4. The number of carbonyl (C=O) groups is 1. The van der Waals surface area contributed by atoms with Gasteiger partial charge < -0.3 is 24.0 Å². The minimum absolute atomic E-state index is 0.0489. The minimum atomic E-state index is -1.72. The number of nitrogens with zero attached hydrogens (tertiary/aromatic N) is 5. The predicted molar refractivity (Wildman–Crippen MR) is 176 cm³/mol. The zero-order valence-corrected chi connectivity index (χ0v) is 28.1. The number of pyridine rings is 2. The number of benzene rings is 1. The molecular formula is C33H43FN6O5S. The van der Waals surface area contributed by atoms with Crippen molar-refractivity contribution in [3.8, 4) is 17.0 Å². The Morgan fingerprint density at radius 2 is 1.80 bits per heavy atom. The van der Waals surface area contributed by atoms with Crippen LogP contribution in [0.1, 0.15) is 40.2 Å². The summed E-state index contributed by atoms with van der Waals surface area (Å²) in [4.78, 5) is 27.9. The zero-order valence-electron chi connectivity index (χ0n) is 27.3. The molecule has 11 nitrogen and oxygen atoms in total. The van der Waals surface area contributed by atoms with E-state index in [0.717, 1.165) is 11.3 Å². The number of hydrogen-bond donors (Lipinski definition) is 1. The molecule has 4 heterocycles. The number of hydrogen-bond acceptors (Lipinski definition) is 9. The van der Waals surface area contributed by atoms with Crippen molar-refractivity contribution in [1.82, 2.24) is 19.8 Å². The number of carbonyl (C=O) groups excluding carboxylic acids is 1. The van der Waals surface area contributed by atoms with Crippen LogP contribution in [0.25, 0.3) is 11.1 Å². The van der Waals surface area contributed by atoms with Crippen molar-refractivity contribution >= 4 is 28.5 Å². The first-order chi connectivity index (χ1) is 21.9. The minimum Gasteiger partial charge on any atom is -0.480 e. The Morgan fingerprint density at radius 1 is 1.09 bits per heavy atom. The molecule has 0 bridgehead atoms. The van der Waals surface area contributed by atoms with Crippen LogP contribution >= 0.6 is 0 Å². The Kier molecular flexibility index (Phi) is 10.4. The number of rotatable bonds is 8. The molecule has 3 aromatic rings. The number of amides is 1. The Balaban J connectivity index is 1.25. The van der Waals surface area contributed by atoms with Gasteiger partial charge in [0.1, 0.15) is 16.3 Å². The molecule has 1 N–H and O–H groups in total. The lowest BCUT2D eigenvalue weighted by Gasteiger charge is -2.44. The maximum atomic E-state index is 15.5. The third-order valence-electron chi connectivity index (χ3n) is 7.87. The highest BCUT2D eigenvalue weighted by Crippen LogP contribution is 2.30. The first-order valence-corrected chi connectivity index (χ1v) is 16.6. The lowest BCUT2D eigenvalue weighted by Crippen LogP contribution is -2.59. The molecule has 46 heavy (non-hydrogen) atoms. The van der Waals surface area contributed by atoms with Gasteiger partial charge in [-0.3, -0.25) is 14.6 Å². The second-order valence-corrected chi connectivity index (χ2v) is 13.9. The largest absolute Gasteiger partial charge is 0.480 e. The maximum absolute atomic E-state index is 15.5. The summed E-state index contributed by atoms with van der Waals surface area (Å²) in [7, 11) is -0.239. The summed E-state index contributed by atoms with van der Waals surface area (Å²) in [6.07, 6.45) is 4.50. The molecule has 2 aromatic heterocycles. The molecule has 0 saturated carbocycles. The molecule has 0 radical (unpaired) electrons. The average molecular weight is 655 g/mol. The van der Waals surface area contributed by atoms with Gasteiger partial charge >= 0.3 is 6.09 Å². The van der Waals surface area contributed by atoms with Crippen LogP contribution in [0.4, 0.5) is 20.6 Å². The van der Waals surface area contributed by atoms with E-state index in [1.165, 1.54) is 13.2 Å². The van der Waals surface area contributed by atoms with Crippen LogP contribution in [0.3, 0.4) is 0 Å². The molecule has 1 unspecified atom stereocenters. The summed E-state index contributed by atoms with van der Waals surface area (Å²) >= 11 is 0. The quantitative estimate of drug-likeness (QED) is 0.355. The monoisotopic (exact) mass is 654 g/mol. The number of halogens is 1. The van der Waals surface area contributed by atoms with Gasteiger partial charge in [-0.1, -0.05) is 12.1 Å². The number of morpholine rings is 1. The van der Waals surface area contributed by atoms with E-state index in [9.17, 15) is 9.00 Å². The summed E-state index contributed by atoms with van der Waals surface area (Å²) in [6.45, 7) is 14.1. The molecule has 3 atom stereocenters. The molecule has 0 aliphatic carbocycles. The fourth-order valence-electron chi connectivity index (χ4n) is 5.89. The summed E-state index contributed by atoms with van der Waals surface area (Å²) in [6, 6.07) is 8.60. The predicted octanol–water partition coefficient (Wildman–Crippen LogP) is 5.09. The van der Waals surface area contributed by atoms with E-state index in [0.29, 0.717) is 67.6 Å². The first kappa shape index (κ1) is 33.6. The SMILES string of the molecule is COc1ncc(N2CCOCC2)cc1S(=O)Nc1cncc(-c2ccc(CN3C[C@@H](C)N(C(=O)OC(C)(C)C)[C@@H](C)C3)cc2F)c1. The summed E-state index contributed by atoms with van der Waals surface area (Å²) < 4.78 is 48.4. The van der Waals surface area contributed by atoms with E-state index in [4.69, 9.17) is 14.2 Å². The fraction of sp³-hybridized carbons (Fsp3) is 0.485. The van der Waals surface area contributed by atoms with Gasteiger partial charge in [-0.15, -0.1) is 0 Å². The van der Waals surface area contributed by atoms with Crippen LogP contribution in [-0.2, 0) is 27.0 Å². The molecule has 1 amide bonds. The van der Waals surface area contributed by atoms with Gasteiger partial charge in [-0.05, 0) is 58.4 Å². The molecule has 0 spiro atoms. The van der Waals surface area contributed by atoms with E-state index >= 15 is 4.39 Å². The van der Waals surface area contributed by atoms with E-state index in [1.54, 1.807) is 41.7 Å². The van der Waals surface area contributed by atoms with Gasteiger partial charge in [0.15, 0.2) is 11.0 Å². The molecule has 248 valence electrons. The molecule has 1 aromatic carbocycles. The van der Waals surface area contributed by atoms with E-state index in [2.05, 4.69) is 24.5 Å². The van der Waals surface area contributed by atoms with Crippen LogP contribution in [0.15, 0.2) is 53.8 Å². The second-order valence-electron chi connectivity index (χ2n) is 12.7. The topological polar surface area (TPSA) is 109 Å². The Morgan fingerprint density at radius 3 is 2.46 bits per heavy atom. The highest BCUT2D eigenvalue weighted by molar-refractivity contribution is 7.86. The average Bonchev–Trinajstić information content (AvgIpc) is 3.00. The second kappa shape index (κ2) is 14.3. The molecular weight excluding hydrogens is 611 g/mol. The van der Waals surface area contributed by atoms with Crippen molar-refractivity contribution in [3.05, 3.63) is 60.3 Å². The number of piperazine rings is 1. The van der Waals surface area contributed by atoms with Crippen molar-refractivity contribution in [3.63, 3.8) is 0 Å². The van der Waals surface area contributed by atoms with Crippen molar-refractivity contribution in [2.45, 2.75) is 63.7 Å². The van der Waals surface area contributed by atoms with Gasteiger partial charge in [0, 0.05) is 62.1 Å². The molecule has 2 aliphatic heterocycles. The number of ether oxygens (including phenoxy) is 3. The van der Waals surface area contributed by atoms with Gasteiger partial charge in [0.2, 0.25) is 5.88 Å². The molecule has 13 heteroatoms. The Labute approximate surface area is 272 Å². The van der Waals surface area contributed by atoms with Crippen LogP contribution in [-0.4, -0.2) is 94.3 Å². The van der Waals surface area contributed by atoms with Crippen LogP contribution in [0, 0.1) is 5.82 Å². The van der Waals surface area contributed by atoms with Gasteiger partial charge in [0.25, 0.3) is 0 Å². The van der Waals surface area contributed by atoms with Crippen LogP contribution in [0.2, 0.25) is 0 Å². The van der Waals surface area contributed by atoms with Crippen molar-refractivity contribution in [2.75, 3.05) is 56.1 Å². The van der Waals surface area contributed by atoms with Gasteiger partial charge in [-0.25, -0.2) is 18.4 Å². The van der Waals surface area contributed by atoms with Crippen molar-refractivity contribution < 1.29 is 27.6 Å². The number of anilines is 2. The van der Waals surface area contributed by atoms with E-state index < -0.39 is 16.6 Å². The van der Waals surface area contributed by atoms with Crippen LogP contribution in [0.5, 0.6) is 5.88 Å². The van der Waals surface area contributed by atoms with Gasteiger partial charge in [0.05, 0.1) is 44.1 Å². The summed E-state index contributed by atoms with van der Waals surface area (Å²) in [5, 5.41) is 0. The number of methoxy groups -OCH3 is 1. The standard InChI is InChI=1S/C33H43FN6O5S/c1-22-19-38(20-23(2)40(22)32(41)45-33(3,4)5)21-24-7-8-28(29(34)13-24)25-14-26(17-35-16-25)37-46(42)30-15-27(18-36-31(30)43-6)39-9-11-44-12-10-39/h7-8,13-18,22-23,37H,9-12,19-21H2,1-6H3/t22-,23+,46?. The highest BCUT2D eigenvalue weighted by Gasteiger charge is 2.35. The van der Waals surface area contributed by atoms with Crippen molar-refractivity contribution in [1.29, 1.82) is 0 Å².